The van der Waals surface area contributed by atoms with Crippen LogP contribution in [0.5, 0.6) is 0 Å². The smallest absolute Gasteiger partial charge is 0.321 e. The van der Waals surface area contributed by atoms with Crippen molar-refractivity contribution in [2.75, 3.05) is 12.4 Å². The average Bonchev–Trinajstić information content (AvgIpc) is 2.53. The van der Waals surface area contributed by atoms with Gasteiger partial charge in [-0.05, 0) is 50.2 Å². The molecular formula is C18H20N2O3. The number of anilines is 1. The largest absolute Gasteiger partial charge is 0.480 e. The van der Waals surface area contributed by atoms with Crippen LogP contribution in [0.4, 0.5) is 5.69 Å². The first-order chi connectivity index (χ1) is 11.0. The Hall–Kier alpha value is -2.66. The van der Waals surface area contributed by atoms with E-state index >= 15 is 0 Å². The van der Waals surface area contributed by atoms with Crippen molar-refractivity contribution in [2.24, 2.45) is 0 Å². The number of likely N-dealkylation sites (N-methyl/N-ethyl adjacent to an activating group) is 1. The summed E-state index contributed by atoms with van der Waals surface area (Å²) in [5.41, 5.74) is 3.20. The van der Waals surface area contributed by atoms with Crippen molar-refractivity contribution < 1.29 is 14.7 Å². The van der Waals surface area contributed by atoms with E-state index in [9.17, 15) is 9.59 Å². The lowest BCUT2D eigenvalue weighted by Crippen LogP contribution is -2.35. The average molecular weight is 312 g/mol. The summed E-state index contributed by atoms with van der Waals surface area (Å²) in [5, 5.41) is 14.6. The highest BCUT2D eigenvalue weighted by Crippen LogP contribution is 2.13. The van der Waals surface area contributed by atoms with Gasteiger partial charge in [-0.2, -0.15) is 0 Å². The summed E-state index contributed by atoms with van der Waals surface area (Å²) in [5.74, 6) is -1.05. The molecule has 0 radical (unpaired) electrons. The fraction of sp³-hybridized carbons (Fsp3) is 0.222. The van der Waals surface area contributed by atoms with Crippen molar-refractivity contribution in [1.82, 2.24) is 5.32 Å². The van der Waals surface area contributed by atoms with Crippen LogP contribution in [0.2, 0.25) is 0 Å². The molecule has 2 aromatic carbocycles. The summed E-state index contributed by atoms with van der Waals surface area (Å²) >= 11 is 0. The number of carboxylic acid groups (broad SMARTS) is 1. The molecular weight excluding hydrogens is 292 g/mol. The maximum absolute atomic E-state index is 12.2. The fourth-order valence-corrected chi connectivity index (χ4v) is 2.26. The lowest BCUT2D eigenvalue weighted by atomic mass is 10.1. The minimum Gasteiger partial charge on any atom is -0.480 e. The van der Waals surface area contributed by atoms with Gasteiger partial charge in [0.1, 0.15) is 6.04 Å². The van der Waals surface area contributed by atoms with Crippen LogP contribution in [-0.2, 0) is 11.2 Å². The summed E-state index contributed by atoms with van der Waals surface area (Å²) in [6, 6.07) is 13.9. The molecule has 0 saturated heterocycles. The standard InChI is InChI=1S/C18H20N2O3/c1-12-4-3-5-14(10-12)17(21)20-15-8-6-13(7-9-15)11-16(19-2)18(22)23/h3-10,16,19H,11H2,1-2H3,(H,20,21)(H,22,23). The number of benzene rings is 2. The van der Waals surface area contributed by atoms with Crippen molar-refractivity contribution in [3.8, 4) is 0 Å². The highest BCUT2D eigenvalue weighted by molar-refractivity contribution is 6.04. The maximum Gasteiger partial charge on any atom is 0.321 e. The summed E-state index contributed by atoms with van der Waals surface area (Å²) in [7, 11) is 1.62. The van der Waals surface area contributed by atoms with E-state index in [2.05, 4.69) is 10.6 Å². The molecule has 0 aromatic heterocycles. The van der Waals surface area contributed by atoms with Crippen LogP contribution in [0, 0.1) is 6.92 Å². The third kappa shape index (κ3) is 4.66. The van der Waals surface area contributed by atoms with E-state index in [0.29, 0.717) is 17.7 Å². The number of carbonyl (C=O) groups is 2. The molecule has 0 aliphatic carbocycles. The zero-order valence-electron chi connectivity index (χ0n) is 13.2. The highest BCUT2D eigenvalue weighted by Gasteiger charge is 2.15. The second kappa shape index (κ2) is 7.56. The number of aliphatic carboxylic acids is 1. The monoisotopic (exact) mass is 312 g/mol. The second-order valence-electron chi connectivity index (χ2n) is 5.40. The van der Waals surface area contributed by atoms with Gasteiger partial charge in [0.15, 0.2) is 0 Å². The predicted molar refractivity (Wildman–Crippen MR) is 89.8 cm³/mol. The third-order valence-electron chi connectivity index (χ3n) is 3.58. The Morgan fingerprint density at radius 3 is 2.39 bits per heavy atom. The van der Waals surface area contributed by atoms with Gasteiger partial charge < -0.3 is 15.7 Å². The van der Waals surface area contributed by atoms with Crippen molar-refractivity contribution in [1.29, 1.82) is 0 Å². The molecule has 3 N–H and O–H groups in total. The number of amides is 1. The first kappa shape index (κ1) is 16.7. The van der Waals surface area contributed by atoms with Crippen molar-refractivity contribution >= 4 is 17.6 Å². The Balaban J connectivity index is 2.02. The lowest BCUT2D eigenvalue weighted by molar-refractivity contribution is -0.139. The molecule has 2 aromatic rings. The summed E-state index contributed by atoms with van der Waals surface area (Å²) in [6.07, 6.45) is 0.387. The van der Waals surface area contributed by atoms with Gasteiger partial charge >= 0.3 is 5.97 Å². The second-order valence-corrected chi connectivity index (χ2v) is 5.40. The molecule has 5 nitrogen and oxygen atoms in total. The molecule has 1 unspecified atom stereocenters. The zero-order chi connectivity index (χ0) is 16.8. The van der Waals surface area contributed by atoms with E-state index in [4.69, 9.17) is 5.11 Å². The summed E-state index contributed by atoms with van der Waals surface area (Å²) in [4.78, 5) is 23.2. The molecule has 1 amide bonds. The molecule has 0 saturated carbocycles. The molecule has 0 bridgehead atoms. The first-order valence-corrected chi connectivity index (χ1v) is 7.36. The van der Waals surface area contributed by atoms with Gasteiger partial charge in [-0.25, -0.2) is 0 Å². The van der Waals surface area contributed by atoms with E-state index in [1.54, 1.807) is 25.2 Å². The van der Waals surface area contributed by atoms with Crippen LogP contribution >= 0.6 is 0 Å². The molecule has 0 heterocycles. The van der Waals surface area contributed by atoms with Gasteiger partial charge in [0, 0.05) is 11.3 Å². The third-order valence-corrected chi connectivity index (χ3v) is 3.58. The normalized spacial score (nSPS) is 11.7. The van der Waals surface area contributed by atoms with E-state index in [1.807, 2.05) is 37.3 Å². The highest BCUT2D eigenvalue weighted by atomic mass is 16.4. The van der Waals surface area contributed by atoms with Gasteiger partial charge in [0.05, 0.1) is 0 Å². The van der Waals surface area contributed by atoms with Gasteiger partial charge in [-0.3, -0.25) is 9.59 Å². The quantitative estimate of drug-likeness (QED) is 0.765. The number of aryl methyl sites for hydroxylation is 1. The number of hydrogen-bond acceptors (Lipinski definition) is 3. The van der Waals surface area contributed by atoms with Crippen molar-refractivity contribution in [3.05, 3.63) is 65.2 Å². The number of carbonyl (C=O) groups excluding carboxylic acids is 1. The van der Waals surface area contributed by atoms with Crippen molar-refractivity contribution in [2.45, 2.75) is 19.4 Å². The molecule has 5 heteroatoms. The number of rotatable bonds is 6. The van der Waals surface area contributed by atoms with Gasteiger partial charge in [0.2, 0.25) is 0 Å². The number of hydrogen-bond donors (Lipinski definition) is 3. The molecule has 0 spiro atoms. The Bertz CT molecular complexity index is 696. The van der Waals surface area contributed by atoms with E-state index in [1.165, 1.54) is 0 Å². The van der Waals surface area contributed by atoms with Crippen LogP contribution in [0.15, 0.2) is 48.5 Å². The molecule has 0 aliphatic heterocycles. The Morgan fingerprint density at radius 2 is 1.83 bits per heavy atom. The van der Waals surface area contributed by atoms with Crippen LogP contribution in [0.1, 0.15) is 21.5 Å². The molecule has 23 heavy (non-hydrogen) atoms. The maximum atomic E-state index is 12.2. The zero-order valence-corrected chi connectivity index (χ0v) is 13.2. The predicted octanol–water partition coefficient (Wildman–Crippen LogP) is 2.46. The van der Waals surface area contributed by atoms with Gasteiger partial charge in [-0.15, -0.1) is 0 Å². The van der Waals surface area contributed by atoms with Crippen LogP contribution < -0.4 is 10.6 Å². The lowest BCUT2D eigenvalue weighted by Gasteiger charge is -2.12. The topological polar surface area (TPSA) is 78.4 Å². The fourth-order valence-electron chi connectivity index (χ4n) is 2.26. The minimum absolute atomic E-state index is 0.167. The minimum atomic E-state index is -0.885. The first-order valence-electron chi connectivity index (χ1n) is 7.36. The number of nitrogens with one attached hydrogen (secondary N) is 2. The van der Waals surface area contributed by atoms with Crippen LogP contribution in [0.3, 0.4) is 0 Å². The summed E-state index contributed by atoms with van der Waals surface area (Å²) < 4.78 is 0. The van der Waals surface area contributed by atoms with Gasteiger partial charge in [0.25, 0.3) is 5.91 Å². The molecule has 0 fully saturated rings. The van der Waals surface area contributed by atoms with Gasteiger partial charge in [-0.1, -0.05) is 29.8 Å². The Morgan fingerprint density at radius 1 is 1.13 bits per heavy atom. The summed E-state index contributed by atoms with van der Waals surface area (Å²) in [6.45, 7) is 1.94. The van der Waals surface area contributed by atoms with E-state index in [0.717, 1.165) is 11.1 Å². The number of carboxylic acids is 1. The van der Waals surface area contributed by atoms with Crippen LogP contribution in [-0.4, -0.2) is 30.1 Å². The Kier molecular flexibility index (Phi) is 5.49. The van der Waals surface area contributed by atoms with E-state index in [-0.39, 0.29) is 5.91 Å². The van der Waals surface area contributed by atoms with Crippen molar-refractivity contribution in [3.63, 3.8) is 0 Å². The molecule has 0 aliphatic rings. The molecule has 120 valence electrons. The molecule has 1 atom stereocenters. The SMILES string of the molecule is CNC(Cc1ccc(NC(=O)c2cccc(C)c2)cc1)C(=O)O. The molecule has 2 rings (SSSR count). The Labute approximate surface area is 135 Å². The van der Waals surface area contributed by atoms with Crippen LogP contribution in [0.25, 0.3) is 0 Å². The van der Waals surface area contributed by atoms with E-state index < -0.39 is 12.0 Å².